The summed E-state index contributed by atoms with van der Waals surface area (Å²) in [6, 6.07) is 8.64. The zero-order valence-electron chi connectivity index (χ0n) is 7.74. The van der Waals surface area contributed by atoms with E-state index in [-0.39, 0.29) is 5.82 Å². The van der Waals surface area contributed by atoms with Gasteiger partial charge >= 0.3 is 0 Å². The fraction of sp³-hybridized carbons (Fsp3) is 0.0909. The summed E-state index contributed by atoms with van der Waals surface area (Å²) in [7, 11) is 0. The van der Waals surface area contributed by atoms with Crippen molar-refractivity contribution in [3.8, 4) is 0 Å². The second-order valence-electron chi connectivity index (χ2n) is 2.98. The van der Waals surface area contributed by atoms with Gasteiger partial charge in [-0.1, -0.05) is 12.1 Å². The smallest absolute Gasteiger partial charge is 0.169 e. The summed E-state index contributed by atoms with van der Waals surface area (Å²) in [6.07, 6.45) is 1.66. The third-order valence-corrected chi connectivity index (χ3v) is 3.39. The van der Waals surface area contributed by atoms with E-state index in [0.29, 0.717) is 15.3 Å². The Bertz CT molecular complexity index is 455. The third-order valence-electron chi connectivity index (χ3n) is 1.85. The minimum atomic E-state index is -0.176. The summed E-state index contributed by atoms with van der Waals surface area (Å²) in [5, 5.41) is 0. The van der Waals surface area contributed by atoms with E-state index in [1.807, 2.05) is 12.1 Å². The van der Waals surface area contributed by atoms with Crippen molar-refractivity contribution in [1.29, 1.82) is 0 Å². The number of hydrogen-bond acceptors (Lipinski definition) is 2. The number of hydrogen-bond donors (Lipinski definition) is 0. The number of thioether (sulfide) groups is 1. The third kappa shape index (κ3) is 2.86. The van der Waals surface area contributed by atoms with Gasteiger partial charge in [-0.25, -0.2) is 4.39 Å². The topological polar surface area (TPSA) is 13.1 Å². The van der Waals surface area contributed by atoms with E-state index in [1.165, 1.54) is 17.8 Å². The van der Waals surface area contributed by atoms with Gasteiger partial charge in [0, 0.05) is 16.2 Å². The molecule has 0 radical (unpaired) electrons. The first kappa shape index (κ1) is 10.8. The van der Waals surface area contributed by atoms with Gasteiger partial charge in [0.15, 0.2) is 4.67 Å². The number of rotatable bonds is 3. The Hall–Kier alpha value is -0.740. The van der Waals surface area contributed by atoms with Gasteiger partial charge in [0.25, 0.3) is 0 Å². The first-order valence-corrected chi connectivity index (χ1v) is 6.14. The molecule has 4 heteroatoms. The van der Waals surface area contributed by atoms with Crippen LogP contribution in [0.4, 0.5) is 4.39 Å². The normalized spacial score (nSPS) is 10.5. The Kier molecular flexibility index (Phi) is 3.49. The van der Waals surface area contributed by atoms with E-state index in [0.717, 1.165) is 5.56 Å². The van der Waals surface area contributed by atoms with E-state index in [1.54, 1.807) is 18.4 Å². The van der Waals surface area contributed by atoms with Crippen LogP contribution < -0.4 is 0 Å². The van der Waals surface area contributed by atoms with E-state index in [2.05, 4.69) is 15.9 Å². The quantitative estimate of drug-likeness (QED) is 0.772. The highest BCUT2D eigenvalue weighted by atomic mass is 79.9. The largest absolute Gasteiger partial charge is 0.457 e. The zero-order valence-corrected chi connectivity index (χ0v) is 10.1. The van der Waals surface area contributed by atoms with E-state index in [9.17, 15) is 4.39 Å². The molecule has 2 aromatic rings. The molecular weight excluding hydrogens is 279 g/mol. The van der Waals surface area contributed by atoms with Crippen molar-refractivity contribution in [3.63, 3.8) is 0 Å². The summed E-state index contributed by atoms with van der Waals surface area (Å²) < 4.78 is 19.0. The highest BCUT2D eigenvalue weighted by Gasteiger charge is 2.03. The lowest BCUT2D eigenvalue weighted by atomic mass is 10.3. The minimum absolute atomic E-state index is 0.176. The fourth-order valence-corrected chi connectivity index (χ4v) is 2.39. The van der Waals surface area contributed by atoms with Crippen LogP contribution in [0.3, 0.4) is 0 Å². The molecule has 0 aliphatic heterocycles. The lowest BCUT2D eigenvalue weighted by Gasteiger charge is -2.00. The molecular formula is C11H8BrFOS. The number of benzene rings is 1. The van der Waals surface area contributed by atoms with Crippen LogP contribution in [0.25, 0.3) is 0 Å². The molecule has 0 atom stereocenters. The molecule has 0 fully saturated rings. The average Bonchev–Trinajstić information content (AvgIpc) is 2.63. The van der Waals surface area contributed by atoms with Gasteiger partial charge in [-0.3, -0.25) is 0 Å². The molecule has 1 aromatic heterocycles. The lowest BCUT2D eigenvalue weighted by Crippen LogP contribution is -1.80. The molecule has 0 spiro atoms. The molecule has 1 aromatic carbocycles. The molecule has 0 N–H and O–H groups in total. The van der Waals surface area contributed by atoms with Gasteiger partial charge in [-0.2, -0.15) is 0 Å². The molecule has 2 rings (SSSR count). The Labute approximate surface area is 99.8 Å². The van der Waals surface area contributed by atoms with Gasteiger partial charge in [0.1, 0.15) is 5.82 Å². The Balaban J connectivity index is 2.02. The number of furan rings is 1. The molecule has 78 valence electrons. The van der Waals surface area contributed by atoms with E-state index >= 15 is 0 Å². The average molecular weight is 287 g/mol. The predicted molar refractivity (Wildman–Crippen MR) is 62.4 cm³/mol. The second kappa shape index (κ2) is 4.86. The van der Waals surface area contributed by atoms with Crippen LogP contribution in [-0.2, 0) is 5.75 Å². The van der Waals surface area contributed by atoms with Crippen LogP contribution in [0.1, 0.15) is 5.56 Å². The SMILES string of the molecule is Fc1ccccc1SCc1coc(Br)c1. The van der Waals surface area contributed by atoms with Crippen molar-refractivity contribution >= 4 is 27.7 Å². The first-order valence-electron chi connectivity index (χ1n) is 4.36. The predicted octanol–water partition coefficient (Wildman–Crippen LogP) is 4.47. The van der Waals surface area contributed by atoms with E-state index in [4.69, 9.17) is 4.42 Å². The second-order valence-corrected chi connectivity index (χ2v) is 4.78. The molecule has 0 saturated carbocycles. The maximum atomic E-state index is 13.2. The first-order chi connectivity index (χ1) is 7.25. The highest BCUT2D eigenvalue weighted by Crippen LogP contribution is 2.26. The number of halogens is 2. The van der Waals surface area contributed by atoms with Gasteiger partial charge < -0.3 is 4.42 Å². The van der Waals surface area contributed by atoms with Crippen LogP contribution in [-0.4, -0.2) is 0 Å². The maximum absolute atomic E-state index is 13.2. The molecule has 0 aliphatic carbocycles. The Morgan fingerprint density at radius 2 is 2.13 bits per heavy atom. The summed E-state index contributed by atoms with van der Waals surface area (Å²) in [4.78, 5) is 0.662. The van der Waals surface area contributed by atoms with Gasteiger partial charge in [0.05, 0.1) is 6.26 Å². The molecule has 0 amide bonds. The zero-order chi connectivity index (χ0) is 10.7. The molecule has 15 heavy (non-hydrogen) atoms. The highest BCUT2D eigenvalue weighted by molar-refractivity contribution is 9.10. The van der Waals surface area contributed by atoms with Gasteiger partial charge in [-0.05, 0) is 34.1 Å². The monoisotopic (exact) mass is 286 g/mol. The van der Waals surface area contributed by atoms with Gasteiger partial charge in [-0.15, -0.1) is 11.8 Å². The van der Waals surface area contributed by atoms with Crippen LogP contribution in [0, 0.1) is 5.82 Å². The minimum Gasteiger partial charge on any atom is -0.457 e. The van der Waals surface area contributed by atoms with Crippen LogP contribution >= 0.6 is 27.7 Å². The molecule has 1 nitrogen and oxygen atoms in total. The summed E-state index contributed by atoms with van der Waals surface area (Å²) in [5.74, 6) is 0.529. The van der Waals surface area contributed by atoms with E-state index < -0.39 is 0 Å². The van der Waals surface area contributed by atoms with Crippen molar-refractivity contribution < 1.29 is 8.81 Å². The van der Waals surface area contributed by atoms with Crippen molar-refractivity contribution in [3.05, 3.63) is 52.6 Å². The molecule has 0 saturated heterocycles. The van der Waals surface area contributed by atoms with Crippen LogP contribution in [0.15, 0.2) is 50.6 Å². The summed E-state index contributed by atoms with van der Waals surface area (Å²) in [6.45, 7) is 0. The Morgan fingerprint density at radius 1 is 1.33 bits per heavy atom. The van der Waals surface area contributed by atoms with Crippen molar-refractivity contribution in [1.82, 2.24) is 0 Å². The van der Waals surface area contributed by atoms with Crippen molar-refractivity contribution in [2.45, 2.75) is 10.6 Å². The summed E-state index contributed by atoms with van der Waals surface area (Å²) in [5.41, 5.74) is 1.04. The lowest BCUT2D eigenvalue weighted by molar-refractivity contribution is 0.539. The van der Waals surface area contributed by atoms with Crippen molar-refractivity contribution in [2.24, 2.45) is 0 Å². The standard InChI is InChI=1S/C11H8BrFOS/c12-11-5-8(6-14-11)7-15-10-4-2-1-3-9(10)13/h1-6H,7H2. The van der Waals surface area contributed by atoms with Crippen LogP contribution in [0.5, 0.6) is 0 Å². The molecule has 0 unspecified atom stereocenters. The van der Waals surface area contributed by atoms with Crippen LogP contribution in [0.2, 0.25) is 0 Å². The van der Waals surface area contributed by atoms with Crippen molar-refractivity contribution in [2.75, 3.05) is 0 Å². The summed E-state index contributed by atoms with van der Waals surface area (Å²) >= 11 is 4.68. The molecule has 0 aliphatic rings. The maximum Gasteiger partial charge on any atom is 0.169 e. The fourth-order valence-electron chi connectivity index (χ4n) is 1.14. The van der Waals surface area contributed by atoms with Gasteiger partial charge in [0.2, 0.25) is 0 Å². The molecule has 0 bridgehead atoms. The molecule has 1 heterocycles. The Morgan fingerprint density at radius 3 is 2.80 bits per heavy atom.